The number of hydrogen-bond donors (Lipinski definition) is 1. The van der Waals surface area contributed by atoms with Crippen molar-refractivity contribution < 1.29 is 9.53 Å². The first-order valence-electron chi connectivity index (χ1n) is 7.13. The lowest BCUT2D eigenvalue weighted by molar-refractivity contribution is -0.132. The molecule has 1 aromatic carbocycles. The van der Waals surface area contributed by atoms with Gasteiger partial charge in [-0.3, -0.25) is 4.79 Å². The smallest absolute Gasteiger partial charge is 0.234 e. The van der Waals surface area contributed by atoms with Crippen molar-refractivity contribution in [1.29, 1.82) is 0 Å². The minimum atomic E-state index is -0.468. The molecule has 1 fully saturated rings. The molecule has 0 bridgehead atoms. The van der Waals surface area contributed by atoms with E-state index in [2.05, 4.69) is 6.07 Å². The van der Waals surface area contributed by atoms with Gasteiger partial charge < -0.3 is 15.4 Å². The summed E-state index contributed by atoms with van der Waals surface area (Å²) in [7, 11) is 1.84. The van der Waals surface area contributed by atoms with Crippen LogP contribution in [-0.2, 0) is 9.53 Å². The van der Waals surface area contributed by atoms with Crippen molar-refractivity contribution in [3.63, 3.8) is 0 Å². The van der Waals surface area contributed by atoms with E-state index in [1.165, 1.54) is 0 Å². The summed E-state index contributed by atoms with van der Waals surface area (Å²) >= 11 is 0. The van der Waals surface area contributed by atoms with Gasteiger partial charge in [-0.25, -0.2) is 0 Å². The molecule has 1 saturated heterocycles. The number of carbonyl (C=O) groups is 1. The van der Waals surface area contributed by atoms with E-state index >= 15 is 0 Å². The highest BCUT2D eigenvalue weighted by molar-refractivity contribution is 5.97. The summed E-state index contributed by atoms with van der Waals surface area (Å²) in [4.78, 5) is 14.6. The predicted molar refractivity (Wildman–Crippen MR) is 88.1 cm³/mol. The molecule has 4 nitrogen and oxygen atoms in total. The Balaban J connectivity index is 0.00000220. The van der Waals surface area contributed by atoms with Crippen molar-refractivity contribution >= 4 is 24.0 Å². The number of benzene rings is 1. The lowest BCUT2D eigenvalue weighted by atomic mass is 9.79. The second-order valence-corrected chi connectivity index (χ2v) is 5.81. The fourth-order valence-corrected chi connectivity index (χ4v) is 2.88. The van der Waals surface area contributed by atoms with E-state index in [9.17, 15) is 4.79 Å². The maximum atomic E-state index is 12.9. The molecule has 0 radical (unpaired) electrons. The third-order valence-electron chi connectivity index (χ3n) is 4.19. The van der Waals surface area contributed by atoms with E-state index in [0.29, 0.717) is 32.6 Å². The number of nitrogens with two attached hydrogens (primary N) is 1. The number of nitrogens with zero attached hydrogens (tertiary/aromatic N) is 1. The van der Waals surface area contributed by atoms with Crippen molar-refractivity contribution in [2.45, 2.75) is 26.7 Å². The van der Waals surface area contributed by atoms with Gasteiger partial charge in [0.15, 0.2) is 0 Å². The zero-order valence-electron chi connectivity index (χ0n) is 13.0. The molecule has 0 aromatic heterocycles. The molecule has 0 saturated carbocycles. The molecule has 0 aliphatic carbocycles. The van der Waals surface area contributed by atoms with Gasteiger partial charge in [-0.05, 0) is 49.9 Å². The number of halogens is 1. The monoisotopic (exact) mass is 312 g/mol. The van der Waals surface area contributed by atoms with E-state index < -0.39 is 5.41 Å². The maximum Gasteiger partial charge on any atom is 0.234 e. The average Bonchev–Trinajstić information content (AvgIpc) is 2.45. The first-order chi connectivity index (χ1) is 9.48. The normalized spacial score (nSPS) is 17.0. The predicted octanol–water partition coefficient (Wildman–Crippen LogP) is 2.44. The van der Waals surface area contributed by atoms with E-state index in [4.69, 9.17) is 10.5 Å². The van der Waals surface area contributed by atoms with Crippen molar-refractivity contribution in [2.75, 3.05) is 31.7 Å². The SMILES string of the molecule is Cc1cc(C)cc(N(C)C(=O)C2(CN)CCOCC2)c1.Cl. The zero-order valence-corrected chi connectivity index (χ0v) is 13.8. The quantitative estimate of drug-likeness (QED) is 0.932. The Labute approximate surface area is 133 Å². The van der Waals surface area contributed by atoms with E-state index in [0.717, 1.165) is 16.8 Å². The van der Waals surface area contributed by atoms with Gasteiger partial charge in [0.05, 0.1) is 5.41 Å². The summed E-state index contributed by atoms with van der Waals surface area (Å²) in [6.45, 7) is 5.70. The summed E-state index contributed by atoms with van der Waals surface area (Å²) in [6.07, 6.45) is 1.41. The minimum Gasteiger partial charge on any atom is -0.381 e. The van der Waals surface area contributed by atoms with Gasteiger partial charge in [-0.15, -0.1) is 12.4 Å². The first kappa shape index (κ1) is 18.0. The van der Waals surface area contributed by atoms with Crippen LogP contribution in [0.5, 0.6) is 0 Å². The number of aryl methyl sites for hydroxylation is 2. The van der Waals surface area contributed by atoms with Gasteiger partial charge in [0.2, 0.25) is 5.91 Å². The number of amides is 1. The number of ether oxygens (including phenoxy) is 1. The summed E-state index contributed by atoms with van der Waals surface area (Å²) < 4.78 is 5.37. The average molecular weight is 313 g/mol. The van der Waals surface area contributed by atoms with Gasteiger partial charge in [-0.1, -0.05) is 6.07 Å². The highest BCUT2D eigenvalue weighted by Crippen LogP contribution is 2.33. The van der Waals surface area contributed by atoms with E-state index in [1.54, 1.807) is 4.90 Å². The van der Waals surface area contributed by atoms with Crippen LogP contribution in [0.25, 0.3) is 0 Å². The Bertz CT molecular complexity index is 479. The molecule has 5 heteroatoms. The van der Waals surface area contributed by atoms with Crippen molar-refractivity contribution in [3.05, 3.63) is 29.3 Å². The van der Waals surface area contributed by atoms with Crippen LogP contribution < -0.4 is 10.6 Å². The molecule has 2 rings (SSSR count). The Morgan fingerprint density at radius 1 is 1.24 bits per heavy atom. The Morgan fingerprint density at radius 2 is 1.76 bits per heavy atom. The molecule has 2 N–H and O–H groups in total. The van der Waals surface area contributed by atoms with Gasteiger partial charge in [0.1, 0.15) is 0 Å². The lowest BCUT2D eigenvalue weighted by Crippen LogP contribution is -2.50. The van der Waals surface area contributed by atoms with Crippen LogP contribution in [0.3, 0.4) is 0 Å². The van der Waals surface area contributed by atoms with Crippen molar-refractivity contribution in [1.82, 2.24) is 0 Å². The molecule has 118 valence electrons. The molecule has 1 aromatic rings. The molecule has 0 unspecified atom stereocenters. The van der Waals surface area contributed by atoms with Crippen molar-refractivity contribution in [3.8, 4) is 0 Å². The summed E-state index contributed by atoms with van der Waals surface area (Å²) in [5, 5.41) is 0. The van der Waals surface area contributed by atoms with Gasteiger partial charge >= 0.3 is 0 Å². The third-order valence-corrected chi connectivity index (χ3v) is 4.19. The number of hydrogen-bond acceptors (Lipinski definition) is 3. The molecular weight excluding hydrogens is 288 g/mol. The molecule has 1 aliphatic heterocycles. The zero-order chi connectivity index (χ0) is 14.8. The Kier molecular flexibility index (Phi) is 6.20. The van der Waals surface area contributed by atoms with Crippen LogP contribution in [-0.4, -0.2) is 32.7 Å². The number of carbonyl (C=O) groups excluding carboxylic acids is 1. The second-order valence-electron chi connectivity index (χ2n) is 5.81. The lowest BCUT2D eigenvalue weighted by Gasteiger charge is -2.37. The van der Waals surface area contributed by atoms with Crippen LogP contribution >= 0.6 is 12.4 Å². The Morgan fingerprint density at radius 3 is 2.24 bits per heavy atom. The second kappa shape index (κ2) is 7.25. The third kappa shape index (κ3) is 3.76. The molecule has 0 spiro atoms. The topological polar surface area (TPSA) is 55.6 Å². The van der Waals surface area contributed by atoms with Crippen LogP contribution in [0.2, 0.25) is 0 Å². The highest BCUT2D eigenvalue weighted by atomic mass is 35.5. The molecule has 1 heterocycles. The Hall–Kier alpha value is -1.10. The fraction of sp³-hybridized carbons (Fsp3) is 0.562. The van der Waals surface area contributed by atoms with Crippen LogP contribution in [0.4, 0.5) is 5.69 Å². The van der Waals surface area contributed by atoms with Crippen molar-refractivity contribution in [2.24, 2.45) is 11.1 Å². The van der Waals surface area contributed by atoms with Crippen LogP contribution in [0.1, 0.15) is 24.0 Å². The van der Waals surface area contributed by atoms with E-state index in [-0.39, 0.29) is 18.3 Å². The summed E-state index contributed by atoms with van der Waals surface area (Å²) in [6, 6.07) is 6.18. The maximum absolute atomic E-state index is 12.9. The minimum absolute atomic E-state index is 0. The largest absolute Gasteiger partial charge is 0.381 e. The number of anilines is 1. The fourth-order valence-electron chi connectivity index (χ4n) is 2.88. The highest BCUT2D eigenvalue weighted by Gasteiger charge is 2.40. The molecule has 1 aliphatic rings. The van der Waals surface area contributed by atoms with Crippen LogP contribution in [0.15, 0.2) is 18.2 Å². The first-order valence-corrected chi connectivity index (χ1v) is 7.13. The summed E-state index contributed by atoms with van der Waals surface area (Å²) in [5.74, 6) is 0.105. The number of rotatable bonds is 3. The van der Waals surface area contributed by atoms with Gasteiger partial charge in [-0.2, -0.15) is 0 Å². The molecule has 1 amide bonds. The molecular formula is C16H25ClN2O2. The van der Waals surface area contributed by atoms with Gasteiger partial charge in [0.25, 0.3) is 0 Å². The summed E-state index contributed by atoms with van der Waals surface area (Å²) in [5.41, 5.74) is 8.70. The van der Waals surface area contributed by atoms with Gasteiger partial charge in [0, 0.05) is 32.5 Å². The molecule has 0 atom stereocenters. The van der Waals surface area contributed by atoms with Crippen LogP contribution in [0, 0.1) is 19.3 Å². The molecule has 21 heavy (non-hydrogen) atoms. The van der Waals surface area contributed by atoms with E-state index in [1.807, 2.05) is 33.0 Å². The standard InChI is InChI=1S/C16H24N2O2.ClH/c1-12-8-13(2)10-14(9-12)18(3)15(19)16(11-17)4-6-20-7-5-16;/h8-10H,4-7,11,17H2,1-3H3;1H.